The van der Waals surface area contributed by atoms with Crippen LogP contribution in [0, 0.1) is 0 Å². The molecule has 0 fully saturated rings. The highest BCUT2D eigenvalue weighted by Crippen LogP contribution is 2.20. The predicted molar refractivity (Wildman–Crippen MR) is 71.5 cm³/mol. The maximum atomic E-state index is 10.5. The molecule has 0 bridgehead atoms. The lowest BCUT2D eigenvalue weighted by atomic mass is 10.1. The van der Waals surface area contributed by atoms with Gasteiger partial charge < -0.3 is 5.11 Å². The number of carboxylic acid groups (broad SMARTS) is 1. The molecule has 7 heteroatoms. The molecule has 0 aliphatic heterocycles. The van der Waals surface area contributed by atoms with Crippen molar-refractivity contribution in [2.45, 2.75) is 10.9 Å². The van der Waals surface area contributed by atoms with Gasteiger partial charge >= 0.3 is 5.97 Å². The summed E-state index contributed by atoms with van der Waals surface area (Å²) in [6, 6.07) is 7.68. The third-order valence-corrected chi connectivity index (χ3v) is 3.40. The van der Waals surface area contributed by atoms with Crippen LogP contribution in [0.3, 0.4) is 0 Å². The maximum absolute atomic E-state index is 10.5. The lowest BCUT2D eigenvalue weighted by Crippen LogP contribution is -1.93. The molecule has 0 unspecified atom stereocenters. The molecule has 6 nitrogen and oxygen atoms in total. The molecular formula is C12H12N4O2S. The van der Waals surface area contributed by atoms with Crippen LogP contribution in [0.25, 0.3) is 6.08 Å². The summed E-state index contributed by atoms with van der Waals surface area (Å²) >= 11 is 1.53. The first-order valence-corrected chi connectivity index (χ1v) is 6.49. The van der Waals surface area contributed by atoms with E-state index in [1.807, 2.05) is 24.3 Å². The molecule has 1 aromatic carbocycles. The molecule has 2 aromatic rings. The van der Waals surface area contributed by atoms with Crippen LogP contribution in [0.4, 0.5) is 0 Å². The van der Waals surface area contributed by atoms with E-state index >= 15 is 0 Å². The summed E-state index contributed by atoms with van der Waals surface area (Å²) in [5.74, 6) is -0.229. The number of hydrogen-bond acceptors (Lipinski definition) is 5. The first-order valence-electron chi connectivity index (χ1n) is 5.50. The zero-order valence-corrected chi connectivity index (χ0v) is 11.0. The number of rotatable bonds is 5. The number of carbonyl (C=O) groups is 1. The minimum absolute atomic E-state index is 0.725. The summed E-state index contributed by atoms with van der Waals surface area (Å²) in [7, 11) is 1.79. The number of hydrogen-bond donors (Lipinski definition) is 1. The third-order valence-electron chi connectivity index (χ3n) is 2.32. The topological polar surface area (TPSA) is 80.9 Å². The SMILES string of the molecule is Cn1nnnc1SCc1cccc(C=CC(=O)O)c1. The first kappa shape index (κ1) is 13.3. The van der Waals surface area contributed by atoms with E-state index in [-0.39, 0.29) is 0 Å². The van der Waals surface area contributed by atoms with E-state index in [0.717, 1.165) is 28.1 Å². The van der Waals surface area contributed by atoms with Crippen molar-refractivity contribution in [2.75, 3.05) is 0 Å². The molecular weight excluding hydrogens is 264 g/mol. The third kappa shape index (κ3) is 3.92. The van der Waals surface area contributed by atoms with Gasteiger partial charge in [-0.1, -0.05) is 36.0 Å². The van der Waals surface area contributed by atoms with E-state index in [9.17, 15) is 4.79 Å². The normalized spacial score (nSPS) is 11.0. The summed E-state index contributed by atoms with van der Waals surface area (Å²) in [5, 5.41) is 20.5. The zero-order chi connectivity index (χ0) is 13.7. The van der Waals surface area contributed by atoms with Crippen LogP contribution < -0.4 is 0 Å². The highest BCUT2D eigenvalue weighted by atomic mass is 32.2. The number of nitrogens with zero attached hydrogens (tertiary/aromatic N) is 4. The average molecular weight is 276 g/mol. The van der Waals surface area contributed by atoms with Crippen molar-refractivity contribution >= 4 is 23.8 Å². The highest BCUT2D eigenvalue weighted by molar-refractivity contribution is 7.98. The van der Waals surface area contributed by atoms with Gasteiger partial charge in [-0.15, -0.1) is 5.10 Å². The first-order chi connectivity index (χ1) is 9.15. The lowest BCUT2D eigenvalue weighted by molar-refractivity contribution is -0.131. The van der Waals surface area contributed by atoms with Gasteiger partial charge in [0, 0.05) is 18.9 Å². The minimum Gasteiger partial charge on any atom is -0.478 e. The quantitative estimate of drug-likeness (QED) is 0.660. The predicted octanol–water partition coefficient (Wildman–Crippen LogP) is 1.60. The van der Waals surface area contributed by atoms with Gasteiger partial charge in [0.05, 0.1) is 0 Å². The summed E-state index contributed by atoms with van der Waals surface area (Å²) in [4.78, 5) is 10.5. The molecule has 1 N–H and O–H groups in total. The van der Waals surface area contributed by atoms with E-state index in [4.69, 9.17) is 5.11 Å². The second kappa shape index (κ2) is 6.14. The number of aromatic nitrogens is 4. The van der Waals surface area contributed by atoms with E-state index in [1.54, 1.807) is 17.8 Å². The Labute approximate surface area is 114 Å². The Morgan fingerprint density at radius 1 is 1.53 bits per heavy atom. The van der Waals surface area contributed by atoms with Crippen LogP contribution in [-0.4, -0.2) is 31.3 Å². The van der Waals surface area contributed by atoms with Crippen LogP contribution in [0.15, 0.2) is 35.5 Å². The number of aryl methyl sites for hydroxylation is 1. The smallest absolute Gasteiger partial charge is 0.328 e. The Morgan fingerprint density at radius 2 is 2.37 bits per heavy atom. The molecule has 0 atom stereocenters. The molecule has 0 amide bonds. The minimum atomic E-state index is -0.954. The molecule has 0 saturated heterocycles. The Morgan fingerprint density at radius 3 is 3.05 bits per heavy atom. The maximum Gasteiger partial charge on any atom is 0.328 e. The van der Waals surface area contributed by atoms with Gasteiger partial charge in [0.25, 0.3) is 0 Å². The van der Waals surface area contributed by atoms with Gasteiger partial charge in [0.1, 0.15) is 0 Å². The largest absolute Gasteiger partial charge is 0.478 e. The molecule has 98 valence electrons. The number of carboxylic acids is 1. The second-order valence-corrected chi connectivity index (χ2v) is 4.73. The van der Waals surface area contributed by atoms with Gasteiger partial charge in [-0.05, 0) is 27.6 Å². The average Bonchev–Trinajstić information content (AvgIpc) is 2.80. The zero-order valence-electron chi connectivity index (χ0n) is 10.2. The monoisotopic (exact) mass is 276 g/mol. The number of aliphatic carboxylic acids is 1. The van der Waals surface area contributed by atoms with E-state index in [1.165, 1.54) is 11.8 Å². The van der Waals surface area contributed by atoms with Crippen LogP contribution in [0.1, 0.15) is 11.1 Å². The van der Waals surface area contributed by atoms with Gasteiger partial charge in [-0.25, -0.2) is 9.48 Å². The van der Waals surface area contributed by atoms with Crippen LogP contribution >= 0.6 is 11.8 Å². The lowest BCUT2D eigenvalue weighted by Gasteiger charge is -2.01. The van der Waals surface area contributed by atoms with Crippen molar-refractivity contribution < 1.29 is 9.90 Å². The van der Waals surface area contributed by atoms with Gasteiger partial charge in [-0.2, -0.15) is 0 Å². The fourth-order valence-electron chi connectivity index (χ4n) is 1.45. The Kier molecular flexibility index (Phi) is 4.30. The Hall–Kier alpha value is -2.15. The van der Waals surface area contributed by atoms with Crippen molar-refractivity contribution in [3.63, 3.8) is 0 Å². The Bertz CT molecular complexity index is 609. The van der Waals surface area contributed by atoms with Gasteiger partial charge in [0.2, 0.25) is 5.16 Å². The Balaban J connectivity index is 2.03. The molecule has 0 aliphatic carbocycles. The molecule has 0 aliphatic rings. The van der Waals surface area contributed by atoms with Crippen molar-refractivity contribution in [3.8, 4) is 0 Å². The molecule has 1 aromatic heterocycles. The van der Waals surface area contributed by atoms with Gasteiger partial charge in [0.15, 0.2) is 0 Å². The van der Waals surface area contributed by atoms with Crippen LogP contribution in [-0.2, 0) is 17.6 Å². The highest BCUT2D eigenvalue weighted by Gasteiger charge is 2.03. The molecule has 1 heterocycles. The summed E-state index contributed by atoms with van der Waals surface area (Å²) in [6.07, 6.45) is 2.69. The van der Waals surface area contributed by atoms with Crippen molar-refractivity contribution in [1.82, 2.24) is 20.2 Å². The molecule has 19 heavy (non-hydrogen) atoms. The van der Waals surface area contributed by atoms with Gasteiger partial charge in [-0.3, -0.25) is 0 Å². The second-order valence-electron chi connectivity index (χ2n) is 3.79. The fraction of sp³-hybridized carbons (Fsp3) is 0.167. The number of tetrazole rings is 1. The van der Waals surface area contributed by atoms with Crippen molar-refractivity contribution in [1.29, 1.82) is 0 Å². The molecule has 0 saturated carbocycles. The van der Waals surface area contributed by atoms with Crippen LogP contribution in [0.5, 0.6) is 0 Å². The summed E-state index contributed by atoms with van der Waals surface area (Å²) < 4.78 is 1.61. The van der Waals surface area contributed by atoms with E-state index in [0.29, 0.717) is 0 Å². The van der Waals surface area contributed by atoms with Crippen molar-refractivity contribution in [3.05, 3.63) is 41.5 Å². The number of benzene rings is 1. The fourth-order valence-corrected chi connectivity index (χ4v) is 2.24. The van der Waals surface area contributed by atoms with E-state index in [2.05, 4.69) is 15.5 Å². The molecule has 0 spiro atoms. The summed E-state index contributed by atoms with van der Waals surface area (Å²) in [6.45, 7) is 0. The summed E-state index contributed by atoms with van der Waals surface area (Å²) in [5.41, 5.74) is 1.94. The molecule has 2 rings (SSSR count). The molecule has 0 radical (unpaired) electrons. The standard InChI is InChI=1S/C12H12N4O2S/c1-16-12(13-14-15-16)19-8-10-4-2-3-9(7-10)5-6-11(17)18/h2-7H,8H2,1H3,(H,17,18). The van der Waals surface area contributed by atoms with Crippen molar-refractivity contribution in [2.24, 2.45) is 7.05 Å². The van der Waals surface area contributed by atoms with E-state index < -0.39 is 5.97 Å². The number of thioether (sulfide) groups is 1. The van der Waals surface area contributed by atoms with Crippen LogP contribution in [0.2, 0.25) is 0 Å².